The first-order valence-corrected chi connectivity index (χ1v) is 11.6. The molecule has 0 aliphatic carbocycles. The number of benzene rings is 1. The highest BCUT2D eigenvalue weighted by molar-refractivity contribution is 7.89. The summed E-state index contributed by atoms with van der Waals surface area (Å²) in [5.74, 6) is 0.0406. The van der Waals surface area contributed by atoms with Gasteiger partial charge in [0, 0.05) is 37.7 Å². The third kappa shape index (κ3) is 4.10. The zero-order valence-electron chi connectivity index (χ0n) is 16.1. The number of carbonyl (C=O) groups excluding carboxylic acids is 1. The molecule has 1 unspecified atom stereocenters. The maximum atomic E-state index is 13.1. The summed E-state index contributed by atoms with van der Waals surface area (Å²) in [6.07, 6.45) is 4.47. The van der Waals surface area contributed by atoms with Gasteiger partial charge in [-0.3, -0.25) is 4.79 Å². The first-order chi connectivity index (χ1) is 13.6. The van der Waals surface area contributed by atoms with Gasteiger partial charge >= 0.3 is 0 Å². The number of hydrogen-bond donors (Lipinski definition) is 0. The van der Waals surface area contributed by atoms with Gasteiger partial charge in [-0.25, -0.2) is 8.42 Å². The van der Waals surface area contributed by atoms with Crippen molar-refractivity contribution < 1.29 is 22.7 Å². The number of carbonyl (C=O) groups is 1. The van der Waals surface area contributed by atoms with Crippen molar-refractivity contribution in [2.24, 2.45) is 5.92 Å². The molecule has 3 fully saturated rings. The molecule has 1 amide bonds. The molecule has 0 bridgehead atoms. The highest BCUT2D eigenvalue weighted by Crippen LogP contribution is 2.27. The summed E-state index contributed by atoms with van der Waals surface area (Å²) in [6.45, 7) is 3.56. The van der Waals surface area contributed by atoms with E-state index in [1.165, 1.54) is 10.4 Å². The lowest BCUT2D eigenvalue weighted by Gasteiger charge is -2.34. The highest BCUT2D eigenvalue weighted by atomic mass is 32.2. The van der Waals surface area contributed by atoms with E-state index >= 15 is 0 Å². The molecule has 1 aromatic rings. The maximum Gasteiger partial charge on any atom is 0.253 e. The van der Waals surface area contributed by atoms with Crippen molar-refractivity contribution in [3.05, 3.63) is 29.8 Å². The second-order valence-electron chi connectivity index (χ2n) is 7.76. The zero-order valence-corrected chi connectivity index (χ0v) is 16.9. The second-order valence-corrected chi connectivity index (χ2v) is 9.69. The van der Waals surface area contributed by atoms with Gasteiger partial charge in [0.2, 0.25) is 10.0 Å². The van der Waals surface area contributed by atoms with E-state index < -0.39 is 10.0 Å². The molecule has 3 saturated heterocycles. The van der Waals surface area contributed by atoms with E-state index in [9.17, 15) is 13.2 Å². The topological polar surface area (TPSA) is 76.2 Å². The van der Waals surface area contributed by atoms with Gasteiger partial charge in [-0.2, -0.15) is 4.31 Å². The zero-order chi connectivity index (χ0) is 19.6. The van der Waals surface area contributed by atoms with Gasteiger partial charge in [0.1, 0.15) is 0 Å². The van der Waals surface area contributed by atoms with Crippen LogP contribution in [0.2, 0.25) is 0 Å². The van der Waals surface area contributed by atoms with Crippen LogP contribution in [0.15, 0.2) is 29.2 Å². The number of piperidine rings is 2. The summed E-state index contributed by atoms with van der Waals surface area (Å²) >= 11 is 0. The van der Waals surface area contributed by atoms with Crippen molar-refractivity contribution in [2.45, 2.75) is 43.3 Å². The fourth-order valence-corrected chi connectivity index (χ4v) is 5.86. The molecule has 3 aliphatic rings. The fraction of sp³-hybridized carbons (Fsp3) is 0.650. The van der Waals surface area contributed by atoms with Crippen LogP contribution in [-0.4, -0.2) is 69.2 Å². The summed E-state index contributed by atoms with van der Waals surface area (Å²) in [5.41, 5.74) is 0.423. The summed E-state index contributed by atoms with van der Waals surface area (Å²) < 4.78 is 38.6. The van der Waals surface area contributed by atoms with E-state index in [1.807, 2.05) is 0 Å². The van der Waals surface area contributed by atoms with Crippen molar-refractivity contribution in [3.63, 3.8) is 0 Å². The molecule has 0 N–H and O–H groups in total. The van der Waals surface area contributed by atoms with Crippen LogP contribution in [0.4, 0.5) is 0 Å². The first kappa shape index (κ1) is 19.8. The Hall–Kier alpha value is -1.48. The molecule has 28 heavy (non-hydrogen) atoms. The van der Waals surface area contributed by atoms with Crippen LogP contribution < -0.4 is 0 Å². The van der Waals surface area contributed by atoms with Crippen molar-refractivity contribution in [1.82, 2.24) is 9.21 Å². The van der Waals surface area contributed by atoms with Gasteiger partial charge in [-0.1, -0.05) is 12.5 Å². The Kier molecular flexibility index (Phi) is 6.01. The summed E-state index contributed by atoms with van der Waals surface area (Å²) in [4.78, 5) is 15.1. The van der Waals surface area contributed by atoms with Crippen LogP contribution in [0.25, 0.3) is 0 Å². The molecular weight excluding hydrogens is 380 g/mol. The summed E-state index contributed by atoms with van der Waals surface area (Å²) in [5, 5.41) is 0. The van der Waals surface area contributed by atoms with E-state index in [1.54, 1.807) is 23.1 Å². The Bertz CT molecular complexity index is 801. The number of amides is 1. The first-order valence-electron chi connectivity index (χ1n) is 10.2. The second kappa shape index (κ2) is 8.49. The van der Waals surface area contributed by atoms with Gasteiger partial charge < -0.3 is 14.4 Å². The third-order valence-corrected chi connectivity index (χ3v) is 7.71. The number of nitrogens with zero attached hydrogens (tertiary/aromatic N) is 2. The van der Waals surface area contributed by atoms with Gasteiger partial charge in [0.05, 0.1) is 18.1 Å². The van der Waals surface area contributed by atoms with Crippen LogP contribution in [0.1, 0.15) is 42.5 Å². The van der Waals surface area contributed by atoms with Crippen LogP contribution >= 0.6 is 0 Å². The summed E-state index contributed by atoms with van der Waals surface area (Å²) in [6, 6.07) is 6.47. The Morgan fingerprint density at radius 1 is 1.00 bits per heavy atom. The molecule has 7 nitrogen and oxygen atoms in total. The Morgan fingerprint density at radius 3 is 2.50 bits per heavy atom. The van der Waals surface area contributed by atoms with Crippen molar-refractivity contribution in [1.29, 1.82) is 0 Å². The molecule has 1 aromatic carbocycles. The smallest absolute Gasteiger partial charge is 0.253 e. The molecule has 3 heterocycles. The lowest BCUT2D eigenvalue weighted by Crippen LogP contribution is -2.44. The number of ether oxygens (including phenoxy) is 2. The average molecular weight is 409 g/mol. The Balaban J connectivity index is 1.49. The minimum Gasteiger partial charge on any atom is -0.350 e. The van der Waals surface area contributed by atoms with Gasteiger partial charge in [-0.05, 0) is 43.9 Å². The Labute approximate surface area is 166 Å². The number of likely N-dealkylation sites (tertiary alicyclic amines) is 1. The molecule has 154 valence electrons. The molecule has 8 heteroatoms. The summed E-state index contributed by atoms with van der Waals surface area (Å²) in [7, 11) is -3.55. The number of hydrogen-bond acceptors (Lipinski definition) is 5. The largest absolute Gasteiger partial charge is 0.350 e. The van der Waals surface area contributed by atoms with Gasteiger partial charge in [0.25, 0.3) is 5.91 Å². The van der Waals surface area contributed by atoms with E-state index in [0.29, 0.717) is 45.0 Å². The molecule has 4 rings (SSSR count). The fourth-order valence-electron chi connectivity index (χ4n) is 4.29. The molecule has 0 saturated carbocycles. The molecule has 0 aromatic heterocycles. The van der Waals surface area contributed by atoms with Crippen LogP contribution in [0.3, 0.4) is 0 Å². The maximum absolute atomic E-state index is 13.1. The van der Waals surface area contributed by atoms with Crippen molar-refractivity contribution >= 4 is 15.9 Å². The molecular formula is C20H28N2O5S. The minimum atomic E-state index is -3.55. The van der Waals surface area contributed by atoms with E-state index in [2.05, 4.69) is 0 Å². The minimum absolute atomic E-state index is 0.126. The number of sulfonamides is 1. The van der Waals surface area contributed by atoms with E-state index in [-0.39, 0.29) is 23.0 Å². The van der Waals surface area contributed by atoms with Crippen LogP contribution in [0.5, 0.6) is 0 Å². The predicted octanol–water partition coefficient (Wildman–Crippen LogP) is 2.09. The van der Waals surface area contributed by atoms with Crippen molar-refractivity contribution in [3.8, 4) is 0 Å². The van der Waals surface area contributed by atoms with E-state index in [0.717, 1.165) is 32.1 Å². The molecule has 3 aliphatic heterocycles. The SMILES string of the molecule is O=C(c1cccc(S(=O)(=O)N2CCCCC2)c1)N1CCCC(C2OCCO2)C1. The monoisotopic (exact) mass is 408 g/mol. The lowest BCUT2D eigenvalue weighted by molar-refractivity contribution is -0.0969. The molecule has 0 radical (unpaired) electrons. The van der Waals surface area contributed by atoms with E-state index in [4.69, 9.17) is 9.47 Å². The average Bonchev–Trinajstić information content (AvgIpc) is 3.29. The third-order valence-electron chi connectivity index (χ3n) is 5.81. The quantitative estimate of drug-likeness (QED) is 0.763. The standard InChI is InChI=1S/C20H28N2O5S/c23-19(21-9-5-7-17(15-21)20-26-12-13-27-20)16-6-4-8-18(14-16)28(24,25)22-10-2-1-3-11-22/h4,6,8,14,17,20H,1-3,5,7,9-13,15H2. The van der Waals surface area contributed by atoms with Crippen molar-refractivity contribution in [2.75, 3.05) is 39.4 Å². The number of rotatable bonds is 4. The normalized spacial score (nSPS) is 25.1. The van der Waals surface area contributed by atoms with Crippen LogP contribution in [-0.2, 0) is 19.5 Å². The Morgan fingerprint density at radius 2 is 1.75 bits per heavy atom. The molecule has 0 spiro atoms. The van der Waals surface area contributed by atoms with Gasteiger partial charge in [0.15, 0.2) is 6.29 Å². The highest BCUT2D eigenvalue weighted by Gasteiger charge is 2.33. The molecule has 1 atom stereocenters. The van der Waals surface area contributed by atoms with Gasteiger partial charge in [-0.15, -0.1) is 0 Å². The predicted molar refractivity (Wildman–Crippen MR) is 103 cm³/mol. The van der Waals surface area contributed by atoms with Crippen LogP contribution in [0, 0.1) is 5.92 Å². The lowest BCUT2D eigenvalue weighted by atomic mass is 9.96.